The first-order chi connectivity index (χ1) is 14.2. The van der Waals surface area contributed by atoms with E-state index in [0.717, 1.165) is 23.4 Å². The normalized spacial score (nSPS) is 19.5. The number of hydrogen-bond donors (Lipinski definition) is 1. The number of aryl methyl sites for hydroxylation is 1. The Labute approximate surface area is 171 Å². The van der Waals surface area contributed by atoms with Gasteiger partial charge >= 0.3 is 0 Å². The molecule has 1 aliphatic rings. The van der Waals surface area contributed by atoms with Crippen LogP contribution in [0.5, 0.6) is 5.75 Å². The Morgan fingerprint density at radius 3 is 2.17 bits per heavy atom. The van der Waals surface area contributed by atoms with Gasteiger partial charge in [-0.3, -0.25) is 4.79 Å². The molecule has 1 heterocycles. The van der Waals surface area contributed by atoms with Crippen molar-refractivity contribution in [2.24, 2.45) is 5.92 Å². The molecule has 29 heavy (non-hydrogen) atoms. The molecule has 3 aromatic carbocycles. The maximum Gasteiger partial charge on any atom is 0.235 e. The van der Waals surface area contributed by atoms with Gasteiger partial charge in [-0.05, 0) is 48.2 Å². The van der Waals surface area contributed by atoms with Crippen LogP contribution in [0.3, 0.4) is 0 Å². The highest BCUT2D eigenvalue weighted by atomic mass is 16.5. The van der Waals surface area contributed by atoms with Gasteiger partial charge in [0.1, 0.15) is 5.75 Å². The first-order valence-corrected chi connectivity index (χ1v) is 9.93. The second kappa shape index (κ2) is 8.50. The molecule has 1 amide bonds. The van der Waals surface area contributed by atoms with Crippen molar-refractivity contribution in [2.75, 3.05) is 12.0 Å². The van der Waals surface area contributed by atoms with E-state index in [4.69, 9.17) is 4.74 Å². The van der Waals surface area contributed by atoms with Crippen molar-refractivity contribution in [3.05, 3.63) is 96.1 Å². The molecule has 1 fully saturated rings. The minimum absolute atomic E-state index is 0.0300. The Hall–Kier alpha value is -3.11. The summed E-state index contributed by atoms with van der Waals surface area (Å²) in [6.45, 7) is 0. The molecule has 148 valence electrons. The third kappa shape index (κ3) is 3.89. The molecule has 3 aromatic rings. The minimum atomic E-state index is -0.699. The molecule has 0 aliphatic carbocycles. The van der Waals surface area contributed by atoms with Crippen LogP contribution in [0.15, 0.2) is 84.9 Å². The van der Waals surface area contributed by atoms with E-state index < -0.39 is 12.0 Å². The van der Waals surface area contributed by atoms with Crippen LogP contribution in [0, 0.1) is 5.92 Å². The van der Waals surface area contributed by atoms with E-state index in [2.05, 4.69) is 0 Å². The van der Waals surface area contributed by atoms with E-state index in [1.54, 1.807) is 12.0 Å². The molecule has 4 heteroatoms. The van der Waals surface area contributed by atoms with E-state index in [1.807, 2.05) is 84.9 Å². The molecular formula is C25H25NO3. The van der Waals surface area contributed by atoms with Crippen LogP contribution in [-0.2, 0) is 11.2 Å². The molecule has 3 atom stereocenters. The maximum absolute atomic E-state index is 13.1. The minimum Gasteiger partial charge on any atom is -0.497 e. The number of amides is 1. The van der Waals surface area contributed by atoms with Crippen LogP contribution in [0.2, 0.25) is 0 Å². The summed E-state index contributed by atoms with van der Waals surface area (Å²) in [5.74, 6) is 0.289. The summed E-state index contributed by atoms with van der Waals surface area (Å²) in [5, 5.41) is 10.9. The number of methoxy groups -OCH3 is 1. The smallest absolute Gasteiger partial charge is 0.235 e. The standard InChI is InChI=1S/C25H25NO3/c1-29-21-15-13-19(14-16-21)24-23(22(27)17-12-18-8-4-2-5-9-18)25(28)26(24)20-10-6-3-7-11-20/h2-11,13-16,22-24,27H,12,17H2,1H3/t22-,23?,24?/m1/s1. The lowest BCUT2D eigenvalue weighted by atomic mass is 9.76. The SMILES string of the molecule is COc1ccc(C2C([C@H](O)CCc3ccccc3)C(=O)N2c2ccccc2)cc1. The number of carbonyl (C=O) groups is 1. The van der Waals surface area contributed by atoms with Gasteiger partial charge in [-0.15, -0.1) is 0 Å². The number of rotatable bonds is 7. The average molecular weight is 387 g/mol. The first kappa shape index (κ1) is 19.2. The number of β-lactam (4-membered cyclic amide) rings is 1. The summed E-state index contributed by atoms with van der Waals surface area (Å²) in [4.78, 5) is 14.9. The number of benzene rings is 3. The largest absolute Gasteiger partial charge is 0.497 e. The number of aliphatic hydroxyl groups is 1. The van der Waals surface area contributed by atoms with Gasteiger partial charge in [0, 0.05) is 5.69 Å². The molecule has 4 nitrogen and oxygen atoms in total. The predicted molar refractivity (Wildman–Crippen MR) is 114 cm³/mol. The number of hydrogen-bond acceptors (Lipinski definition) is 3. The van der Waals surface area contributed by atoms with Crippen LogP contribution in [0.25, 0.3) is 0 Å². The number of aliphatic hydroxyl groups excluding tert-OH is 1. The Morgan fingerprint density at radius 1 is 0.931 bits per heavy atom. The van der Waals surface area contributed by atoms with Crippen molar-refractivity contribution in [1.82, 2.24) is 0 Å². The summed E-state index contributed by atoms with van der Waals surface area (Å²) in [6.07, 6.45) is 0.595. The fourth-order valence-electron chi connectivity index (χ4n) is 4.06. The zero-order valence-corrected chi connectivity index (χ0v) is 16.4. The highest BCUT2D eigenvalue weighted by Crippen LogP contribution is 2.46. The number of anilines is 1. The summed E-state index contributed by atoms with van der Waals surface area (Å²) in [7, 11) is 1.63. The fourth-order valence-corrected chi connectivity index (χ4v) is 4.06. The van der Waals surface area contributed by atoms with Crippen molar-refractivity contribution in [2.45, 2.75) is 25.0 Å². The van der Waals surface area contributed by atoms with Gasteiger partial charge in [-0.2, -0.15) is 0 Å². The molecule has 0 spiro atoms. The zero-order chi connectivity index (χ0) is 20.2. The number of carbonyl (C=O) groups excluding carboxylic acids is 1. The van der Waals surface area contributed by atoms with Crippen LogP contribution >= 0.6 is 0 Å². The van der Waals surface area contributed by atoms with E-state index in [9.17, 15) is 9.90 Å². The molecule has 2 unspecified atom stereocenters. The van der Waals surface area contributed by atoms with E-state index in [0.29, 0.717) is 6.42 Å². The lowest BCUT2D eigenvalue weighted by Crippen LogP contribution is -2.59. The second-order valence-electron chi connectivity index (χ2n) is 7.38. The maximum atomic E-state index is 13.1. The van der Waals surface area contributed by atoms with Crippen LogP contribution < -0.4 is 9.64 Å². The molecular weight excluding hydrogens is 362 g/mol. The molecule has 1 saturated heterocycles. The summed E-state index contributed by atoms with van der Waals surface area (Å²) in [6, 6.07) is 27.3. The summed E-state index contributed by atoms with van der Waals surface area (Å²) >= 11 is 0. The topological polar surface area (TPSA) is 49.8 Å². The van der Waals surface area contributed by atoms with Crippen LogP contribution in [0.4, 0.5) is 5.69 Å². The molecule has 1 N–H and O–H groups in total. The van der Waals surface area contributed by atoms with E-state index >= 15 is 0 Å². The highest BCUT2D eigenvalue weighted by molar-refractivity contribution is 6.03. The van der Waals surface area contributed by atoms with Gasteiger partial charge in [0.2, 0.25) is 5.91 Å². The van der Waals surface area contributed by atoms with Crippen molar-refractivity contribution in [3.63, 3.8) is 0 Å². The zero-order valence-electron chi connectivity index (χ0n) is 16.4. The van der Waals surface area contributed by atoms with Crippen molar-refractivity contribution in [3.8, 4) is 5.75 Å². The van der Waals surface area contributed by atoms with Crippen molar-refractivity contribution >= 4 is 11.6 Å². The number of para-hydroxylation sites is 1. The van der Waals surface area contributed by atoms with E-state index in [1.165, 1.54) is 5.56 Å². The van der Waals surface area contributed by atoms with Gasteiger partial charge in [-0.1, -0.05) is 60.7 Å². The quantitative estimate of drug-likeness (QED) is 0.612. The Balaban J connectivity index is 1.58. The highest BCUT2D eigenvalue weighted by Gasteiger charge is 2.51. The molecule has 1 aliphatic heterocycles. The Bertz CT molecular complexity index is 941. The van der Waals surface area contributed by atoms with Crippen LogP contribution in [-0.4, -0.2) is 24.2 Å². The van der Waals surface area contributed by atoms with Gasteiger partial charge < -0.3 is 14.7 Å². The molecule has 0 aromatic heterocycles. The summed E-state index contributed by atoms with van der Waals surface area (Å²) in [5.41, 5.74) is 3.02. The monoisotopic (exact) mass is 387 g/mol. The first-order valence-electron chi connectivity index (χ1n) is 9.93. The molecule has 4 rings (SSSR count). The van der Waals surface area contributed by atoms with Crippen molar-refractivity contribution < 1.29 is 14.6 Å². The third-order valence-electron chi connectivity index (χ3n) is 5.62. The summed E-state index contributed by atoms with van der Waals surface area (Å²) < 4.78 is 5.27. The molecule has 0 bridgehead atoms. The van der Waals surface area contributed by atoms with Gasteiger partial charge in [0.25, 0.3) is 0 Å². The molecule has 0 radical (unpaired) electrons. The fraction of sp³-hybridized carbons (Fsp3) is 0.240. The van der Waals surface area contributed by atoms with E-state index in [-0.39, 0.29) is 11.9 Å². The Morgan fingerprint density at radius 2 is 1.55 bits per heavy atom. The van der Waals surface area contributed by atoms with Gasteiger partial charge in [0.15, 0.2) is 0 Å². The van der Waals surface area contributed by atoms with Gasteiger partial charge in [0.05, 0.1) is 25.2 Å². The average Bonchev–Trinajstić information content (AvgIpc) is 2.77. The number of ether oxygens (including phenoxy) is 1. The Kier molecular flexibility index (Phi) is 5.63. The van der Waals surface area contributed by atoms with Crippen LogP contribution in [0.1, 0.15) is 23.6 Å². The van der Waals surface area contributed by atoms with Crippen molar-refractivity contribution in [1.29, 1.82) is 0 Å². The number of nitrogens with zero attached hydrogens (tertiary/aromatic N) is 1. The lowest BCUT2D eigenvalue weighted by Gasteiger charge is -2.49. The second-order valence-corrected chi connectivity index (χ2v) is 7.38. The third-order valence-corrected chi connectivity index (χ3v) is 5.62. The lowest BCUT2D eigenvalue weighted by molar-refractivity contribution is -0.136. The predicted octanol–water partition coefficient (Wildman–Crippen LogP) is 4.39. The van der Waals surface area contributed by atoms with Gasteiger partial charge in [-0.25, -0.2) is 0 Å². The molecule has 0 saturated carbocycles.